The monoisotopic (exact) mass is 244 g/mol. The molecule has 13 heavy (non-hydrogen) atoms. The van der Waals surface area contributed by atoms with Gasteiger partial charge in [-0.1, -0.05) is 0 Å². The van der Waals surface area contributed by atoms with Gasteiger partial charge in [0.15, 0.2) is 0 Å². The number of nitrogens with zero attached hydrogens (tertiary/aromatic N) is 1. The summed E-state index contributed by atoms with van der Waals surface area (Å²) in [5.41, 5.74) is 7.50. The van der Waals surface area contributed by atoms with Gasteiger partial charge < -0.3 is 10.8 Å². The van der Waals surface area contributed by atoms with Gasteiger partial charge in [0.25, 0.3) is 0 Å². The molecule has 1 rings (SSSR count). The van der Waals surface area contributed by atoms with Crippen LogP contribution >= 0.6 is 15.9 Å². The molecule has 0 aliphatic rings. The highest BCUT2D eigenvalue weighted by molar-refractivity contribution is 9.10. The highest BCUT2D eigenvalue weighted by atomic mass is 79.9. The standard InChI is InChI=1S/C9H13BrN2O/c1-5-3-7(10)4-12-9(5)8(11)6(2)13/h3-4,6,8,13H,11H2,1-2H3. The molecular weight excluding hydrogens is 232 g/mol. The van der Waals surface area contributed by atoms with Gasteiger partial charge in [0, 0.05) is 10.7 Å². The number of aryl methyl sites for hydroxylation is 1. The number of hydrogen-bond donors (Lipinski definition) is 2. The van der Waals surface area contributed by atoms with E-state index in [1.807, 2.05) is 13.0 Å². The summed E-state index contributed by atoms with van der Waals surface area (Å²) in [6, 6.07) is 1.53. The quantitative estimate of drug-likeness (QED) is 0.830. The maximum atomic E-state index is 9.29. The summed E-state index contributed by atoms with van der Waals surface area (Å²) >= 11 is 3.32. The van der Waals surface area contributed by atoms with Crippen molar-refractivity contribution in [3.63, 3.8) is 0 Å². The van der Waals surface area contributed by atoms with Crippen LogP contribution in [0.3, 0.4) is 0 Å². The van der Waals surface area contributed by atoms with Crippen LogP contribution in [0.1, 0.15) is 24.2 Å². The van der Waals surface area contributed by atoms with Crippen molar-refractivity contribution in [2.75, 3.05) is 0 Å². The van der Waals surface area contributed by atoms with E-state index in [2.05, 4.69) is 20.9 Å². The summed E-state index contributed by atoms with van der Waals surface area (Å²) in [4.78, 5) is 4.17. The number of pyridine rings is 1. The molecule has 0 saturated heterocycles. The molecule has 0 bridgehead atoms. The van der Waals surface area contributed by atoms with Crippen molar-refractivity contribution in [2.24, 2.45) is 5.73 Å². The van der Waals surface area contributed by atoms with Gasteiger partial charge in [-0.25, -0.2) is 0 Å². The molecule has 1 aromatic rings. The van der Waals surface area contributed by atoms with E-state index in [9.17, 15) is 5.11 Å². The maximum Gasteiger partial charge on any atom is 0.0733 e. The fourth-order valence-corrected chi connectivity index (χ4v) is 1.57. The Morgan fingerprint density at radius 3 is 2.69 bits per heavy atom. The lowest BCUT2D eigenvalue weighted by Crippen LogP contribution is -2.25. The van der Waals surface area contributed by atoms with Gasteiger partial charge in [0.05, 0.1) is 17.8 Å². The van der Waals surface area contributed by atoms with Crippen LogP contribution in [0.2, 0.25) is 0 Å². The second-order valence-corrected chi connectivity index (χ2v) is 4.04. The molecule has 0 aromatic carbocycles. The Hall–Kier alpha value is -0.450. The SMILES string of the molecule is Cc1cc(Br)cnc1C(N)C(C)O. The fraction of sp³-hybridized carbons (Fsp3) is 0.444. The van der Waals surface area contributed by atoms with Crippen LogP contribution in [-0.2, 0) is 0 Å². The van der Waals surface area contributed by atoms with E-state index in [0.717, 1.165) is 15.7 Å². The number of rotatable bonds is 2. The molecule has 0 saturated carbocycles. The van der Waals surface area contributed by atoms with Gasteiger partial charge in [-0.05, 0) is 41.4 Å². The summed E-state index contributed by atoms with van der Waals surface area (Å²) in [6.45, 7) is 3.59. The average molecular weight is 245 g/mol. The Labute approximate surface area is 86.1 Å². The molecule has 4 heteroatoms. The van der Waals surface area contributed by atoms with Crippen molar-refractivity contribution in [1.82, 2.24) is 4.98 Å². The second-order valence-electron chi connectivity index (χ2n) is 3.12. The second kappa shape index (κ2) is 4.17. The molecule has 0 amide bonds. The Morgan fingerprint density at radius 2 is 2.23 bits per heavy atom. The highest BCUT2D eigenvalue weighted by Gasteiger charge is 2.15. The predicted molar refractivity (Wildman–Crippen MR) is 55.3 cm³/mol. The van der Waals surface area contributed by atoms with Gasteiger partial charge in [-0.3, -0.25) is 4.98 Å². The zero-order valence-corrected chi connectivity index (χ0v) is 9.25. The Morgan fingerprint density at radius 1 is 1.62 bits per heavy atom. The lowest BCUT2D eigenvalue weighted by molar-refractivity contribution is 0.162. The van der Waals surface area contributed by atoms with Crippen LogP contribution in [0.25, 0.3) is 0 Å². The third-order valence-corrected chi connectivity index (χ3v) is 2.35. The molecule has 1 aromatic heterocycles. The molecule has 0 radical (unpaired) electrons. The number of aliphatic hydroxyl groups excluding tert-OH is 1. The molecule has 0 aliphatic heterocycles. The third-order valence-electron chi connectivity index (χ3n) is 1.92. The summed E-state index contributed by atoms with van der Waals surface area (Å²) in [7, 11) is 0. The van der Waals surface area contributed by atoms with E-state index in [0.29, 0.717) is 0 Å². The molecule has 0 spiro atoms. The van der Waals surface area contributed by atoms with Gasteiger partial charge in [-0.2, -0.15) is 0 Å². The van der Waals surface area contributed by atoms with E-state index in [1.165, 1.54) is 0 Å². The van der Waals surface area contributed by atoms with Crippen LogP contribution in [0.15, 0.2) is 16.7 Å². The highest BCUT2D eigenvalue weighted by Crippen LogP contribution is 2.19. The molecule has 0 fully saturated rings. The normalized spacial score (nSPS) is 15.5. The van der Waals surface area contributed by atoms with E-state index in [4.69, 9.17) is 5.73 Å². The summed E-state index contributed by atoms with van der Waals surface area (Å²) < 4.78 is 0.923. The van der Waals surface area contributed by atoms with Gasteiger partial charge in [-0.15, -0.1) is 0 Å². The van der Waals surface area contributed by atoms with Crippen molar-refractivity contribution < 1.29 is 5.11 Å². The summed E-state index contributed by atoms with van der Waals surface area (Å²) in [6.07, 6.45) is 1.11. The van der Waals surface area contributed by atoms with Crippen LogP contribution in [0.4, 0.5) is 0 Å². The molecule has 3 nitrogen and oxygen atoms in total. The van der Waals surface area contributed by atoms with Crippen LogP contribution in [0, 0.1) is 6.92 Å². The number of aliphatic hydroxyl groups is 1. The van der Waals surface area contributed by atoms with Gasteiger partial charge in [0.2, 0.25) is 0 Å². The molecule has 2 unspecified atom stereocenters. The van der Waals surface area contributed by atoms with Crippen molar-refractivity contribution in [3.8, 4) is 0 Å². The van der Waals surface area contributed by atoms with Crippen molar-refractivity contribution >= 4 is 15.9 Å². The number of nitrogens with two attached hydrogens (primary N) is 1. The minimum Gasteiger partial charge on any atom is -0.391 e. The molecule has 0 aliphatic carbocycles. The van der Waals surface area contributed by atoms with Gasteiger partial charge >= 0.3 is 0 Å². The molecule has 2 atom stereocenters. The lowest BCUT2D eigenvalue weighted by Gasteiger charge is -2.16. The van der Waals surface area contributed by atoms with E-state index < -0.39 is 12.1 Å². The van der Waals surface area contributed by atoms with Crippen LogP contribution < -0.4 is 5.73 Å². The van der Waals surface area contributed by atoms with E-state index in [1.54, 1.807) is 13.1 Å². The first-order chi connectivity index (χ1) is 6.02. The molecule has 3 N–H and O–H groups in total. The topological polar surface area (TPSA) is 59.1 Å². The summed E-state index contributed by atoms with van der Waals surface area (Å²) in [5.74, 6) is 0. The van der Waals surface area contributed by atoms with Crippen molar-refractivity contribution in [3.05, 3.63) is 28.0 Å². The van der Waals surface area contributed by atoms with Crippen LogP contribution in [-0.4, -0.2) is 16.2 Å². The zero-order chi connectivity index (χ0) is 10.0. The Balaban J connectivity index is 3.01. The van der Waals surface area contributed by atoms with Crippen LogP contribution in [0.5, 0.6) is 0 Å². The molecule has 72 valence electrons. The minimum atomic E-state index is -0.577. The minimum absolute atomic E-state index is 0.409. The lowest BCUT2D eigenvalue weighted by atomic mass is 10.1. The fourth-order valence-electron chi connectivity index (χ4n) is 1.13. The van der Waals surface area contributed by atoms with E-state index in [-0.39, 0.29) is 0 Å². The molecule has 1 heterocycles. The average Bonchev–Trinajstić information content (AvgIpc) is 2.03. The zero-order valence-electron chi connectivity index (χ0n) is 7.66. The smallest absolute Gasteiger partial charge is 0.0733 e. The first-order valence-corrected chi connectivity index (χ1v) is 4.87. The Bertz CT molecular complexity index is 302. The van der Waals surface area contributed by atoms with Gasteiger partial charge in [0.1, 0.15) is 0 Å². The number of hydrogen-bond acceptors (Lipinski definition) is 3. The summed E-state index contributed by atoms with van der Waals surface area (Å²) in [5, 5.41) is 9.29. The largest absolute Gasteiger partial charge is 0.391 e. The number of aromatic nitrogens is 1. The Kier molecular flexibility index (Phi) is 3.41. The molecular formula is C9H13BrN2O. The van der Waals surface area contributed by atoms with Crippen molar-refractivity contribution in [2.45, 2.75) is 26.0 Å². The number of halogens is 1. The van der Waals surface area contributed by atoms with E-state index >= 15 is 0 Å². The predicted octanol–water partition coefficient (Wildman–Crippen LogP) is 1.53. The first-order valence-electron chi connectivity index (χ1n) is 4.08. The maximum absolute atomic E-state index is 9.29. The first kappa shape index (κ1) is 10.6. The van der Waals surface area contributed by atoms with Crippen molar-refractivity contribution in [1.29, 1.82) is 0 Å². The third kappa shape index (κ3) is 2.49.